The number of nitrogens with zero attached hydrogens (tertiary/aromatic N) is 2. The molecule has 0 bridgehead atoms. The number of carbonyl (C=O) groups is 1. The number of rotatable bonds is 8. The van der Waals surface area contributed by atoms with Crippen LogP contribution < -0.4 is 10.6 Å². The lowest BCUT2D eigenvalue weighted by atomic mass is 10.1. The zero-order valence-electron chi connectivity index (χ0n) is 17.1. The third kappa shape index (κ3) is 7.88. The van der Waals surface area contributed by atoms with Crippen molar-refractivity contribution < 1.29 is 13.9 Å². The van der Waals surface area contributed by atoms with Gasteiger partial charge in [-0.05, 0) is 51.3 Å². The van der Waals surface area contributed by atoms with Crippen LogP contribution in [-0.2, 0) is 11.2 Å². The second-order valence-corrected chi connectivity index (χ2v) is 7.32. The summed E-state index contributed by atoms with van der Waals surface area (Å²) < 4.78 is 18.3. The fourth-order valence-corrected chi connectivity index (χ4v) is 3.60. The Morgan fingerprint density at radius 2 is 2.17 bits per heavy atom. The third-order valence-corrected chi connectivity index (χ3v) is 5.37. The van der Waals surface area contributed by atoms with Crippen LogP contribution in [0, 0.1) is 12.7 Å². The molecule has 0 aliphatic heterocycles. The van der Waals surface area contributed by atoms with Gasteiger partial charge in [0.2, 0.25) is 0 Å². The Hall–Kier alpha value is -1.75. The number of aliphatic imine (C=N–C) groups is 1. The molecule has 1 heterocycles. The SMILES string of the molecule is CCOC(=O)c1sc(C(C)NC(=NC)NCCCc2cccc(F)c2)nc1C.I. The number of aryl methyl sites for hydroxylation is 2. The number of hydrogen-bond donors (Lipinski definition) is 2. The molecule has 6 nitrogen and oxygen atoms in total. The number of benzene rings is 1. The summed E-state index contributed by atoms with van der Waals surface area (Å²) in [7, 11) is 1.70. The first-order valence-electron chi connectivity index (χ1n) is 9.30. The zero-order chi connectivity index (χ0) is 20.5. The van der Waals surface area contributed by atoms with Gasteiger partial charge in [0.25, 0.3) is 0 Å². The Kier molecular flexibility index (Phi) is 11.1. The van der Waals surface area contributed by atoms with Crippen molar-refractivity contribution in [3.8, 4) is 0 Å². The first kappa shape index (κ1) is 25.3. The van der Waals surface area contributed by atoms with Gasteiger partial charge in [0.05, 0.1) is 18.3 Å². The molecule has 0 fully saturated rings. The van der Waals surface area contributed by atoms with Crippen LogP contribution in [0.3, 0.4) is 0 Å². The highest BCUT2D eigenvalue weighted by molar-refractivity contribution is 14.0. The van der Waals surface area contributed by atoms with Crippen LogP contribution in [0.1, 0.15) is 52.2 Å². The molecule has 2 rings (SSSR count). The molecule has 1 atom stereocenters. The minimum Gasteiger partial charge on any atom is -0.462 e. The molecule has 29 heavy (non-hydrogen) atoms. The van der Waals surface area contributed by atoms with Gasteiger partial charge in [0.15, 0.2) is 5.96 Å². The van der Waals surface area contributed by atoms with Gasteiger partial charge in [0.1, 0.15) is 15.7 Å². The van der Waals surface area contributed by atoms with E-state index in [0.29, 0.717) is 29.7 Å². The summed E-state index contributed by atoms with van der Waals surface area (Å²) in [6.07, 6.45) is 1.63. The van der Waals surface area contributed by atoms with Crippen molar-refractivity contribution in [3.63, 3.8) is 0 Å². The molecular formula is C20H28FIN4O2S. The van der Waals surface area contributed by atoms with Crippen molar-refractivity contribution in [3.05, 3.63) is 51.2 Å². The van der Waals surface area contributed by atoms with E-state index in [1.54, 1.807) is 33.0 Å². The number of guanidine groups is 1. The fraction of sp³-hybridized carbons (Fsp3) is 0.450. The number of halogens is 2. The van der Waals surface area contributed by atoms with E-state index in [1.165, 1.54) is 17.4 Å². The van der Waals surface area contributed by atoms with E-state index < -0.39 is 0 Å². The quantitative estimate of drug-likeness (QED) is 0.174. The first-order chi connectivity index (χ1) is 13.4. The minimum absolute atomic E-state index is 0. The molecule has 0 aliphatic rings. The van der Waals surface area contributed by atoms with Gasteiger partial charge in [-0.3, -0.25) is 4.99 Å². The number of carbonyl (C=O) groups excluding carboxylic acids is 1. The van der Waals surface area contributed by atoms with Crippen LogP contribution in [0.2, 0.25) is 0 Å². The normalized spacial score (nSPS) is 12.1. The summed E-state index contributed by atoms with van der Waals surface area (Å²) in [4.78, 5) is 21.2. The van der Waals surface area contributed by atoms with Crippen molar-refractivity contribution in [1.82, 2.24) is 15.6 Å². The predicted octanol–water partition coefficient (Wildman–Crippen LogP) is 4.24. The van der Waals surface area contributed by atoms with E-state index in [0.717, 1.165) is 23.4 Å². The Labute approximate surface area is 192 Å². The molecule has 0 aliphatic carbocycles. The molecule has 160 valence electrons. The molecule has 1 aromatic heterocycles. The molecule has 0 saturated heterocycles. The van der Waals surface area contributed by atoms with Crippen molar-refractivity contribution in [1.29, 1.82) is 0 Å². The van der Waals surface area contributed by atoms with Gasteiger partial charge >= 0.3 is 5.97 Å². The van der Waals surface area contributed by atoms with Crippen LogP contribution in [0.5, 0.6) is 0 Å². The largest absolute Gasteiger partial charge is 0.462 e. The summed E-state index contributed by atoms with van der Waals surface area (Å²) in [5, 5.41) is 7.32. The van der Waals surface area contributed by atoms with E-state index in [-0.39, 0.29) is 41.8 Å². The van der Waals surface area contributed by atoms with E-state index in [2.05, 4.69) is 20.6 Å². The molecule has 2 N–H and O–H groups in total. The van der Waals surface area contributed by atoms with Crippen LogP contribution in [0.15, 0.2) is 29.3 Å². The summed E-state index contributed by atoms with van der Waals surface area (Å²) in [5.41, 5.74) is 1.65. The number of nitrogens with one attached hydrogen (secondary N) is 2. The molecule has 1 unspecified atom stereocenters. The molecule has 0 amide bonds. The molecule has 0 spiro atoms. The molecular weight excluding hydrogens is 506 g/mol. The summed E-state index contributed by atoms with van der Waals surface area (Å²) in [6.45, 7) is 6.59. The van der Waals surface area contributed by atoms with E-state index >= 15 is 0 Å². The standard InChI is InChI=1S/C20H27FN4O2S.HI/c1-5-27-19(26)17-13(2)24-18(28-17)14(3)25-20(22-4)23-11-7-9-15-8-6-10-16(21)12-15;/h6,8,10,12,14H,5,7,9,11H2,1-4H3,(H2,22,23,25);1H. The van der Waals surface area contributed by atoms with Crippen molar-refractivity contribution in [2.45, 2.75) is 39.7 Å². The lowest BCUT2D eigenvalue weighted by molar-refractivity contribution is 0.0531. The zero-order valence-corrected chi connectivity index (χ0v) is 20.3. The molecule has 2 aromatic rings. The lowest BCUT2D eigenvalue weighted by Gasteiger charge is -2.16. The number of aromatic nitrogens is 1. The average Bonchev–Trinajstić information content (AvgIpc) is 3.06. The Balaban J connectivity index is 0.00000420. The van der Waals surface area contributed by atoms with E-state index in [4.69, 9.17) is 4.74 Å². The monoisotopic (exact) mass is 534 g/mol. The highest BCUT2D eigenvalue weighted by Gasteiger charge is 2.20. The van der Waals surface area contributed by atoms with Gasteiger partial charge in [-0.1, -0.05) is 12.1 Å². The first-order valence-corrected chi connectivity index (χ1v) is 10.1. The minimum atomic E-state index is -0.337. The summed E-state index contributed by atoms with van der Waals surface area (Å²) in [5.74, 6) is 0.103. The molecule has 0 saturated carbocycles. The average molecular weight is 534 g/mol. The van der Waals surface area contributed by atoms with E-state index in [1.807, 2.05) is 13.0 Å². The van der Waals surface area contributed by atoms with Crippen molar-refractivity contribution in [2.75, 3.05) is 20.2 Å². The highest BCUT2D eigenvalue weighted by Crippen LogP contribution is 2.24. The fourth-order valence-electron chi connectivity index (χ4n) is 2.64. The number of esters is 1. The maximum Gasteiger partial charge on any atom is 0.350 e. The third-order valence-electron chi connectivity index (χ3n) is 4.04. The topological polar surface area (TPSA) is 75.6 Å². The number of hydrogen-bond acceptors (Lipinski definition) is 5. The molecule has 0 radical (unpaired) electrons. The Bertz CT molecular complexity index is 829. The Morgan fingerprint density at radius 3 is 2.83 bits per heavy atom. The maximum atomic E-state index is 13.2. The maximum absolute atomic E-state index is 13.2. The van der Waals surface area contributed by atoms with Gasteiger partial charge in [-0.15, -0.1) is 35.3 Å². The summed E-state index contributed by atoms with van der Waals surface area (Å²) in [6, 6.07) is 6.54. The highest BCUT2D eigenvalue weighted by atomic mass is 127. The van der Waals surface area contributed by atoms with Gasteiger partial charge < -0.3 is 15.4 Å². The second-order valence-electron chi connectivity index (χ2n) is 6.29. The summed E-state index contributed by atoms with van der Waals surface area (Å²) >= 11 is 1.33. The van der Waals surface area contributed by atoms with Gasteiger partial charge in [0, 0.05) is 13.6 Å². The van der Waals surface area contributed by atoms with E-state index in [9.17, 15) is 9.18 Å². The van der Waals surface area contributed by atoms with Crippen molar-refractivity contribution in [2.24, 2.45) is 4.99 Å². The molecule has 1 aromatic carbocycles. The predicted molar refractivity (Wildman–Crippen MR) is 126 cm³/mol. The number of thiazole rings is 1. The molecule has 9 heteroatoms. The van der Waals surface area contributed by atoms with Gasteiger partial charge in [-0.2, -0.15) is 0 Å². The second kappa shape index (κ2) is 12.7. The van der Waals surface area contributed by atoms with Crippen LogP contribution in [-0.4, -0.2) is 37.1 Å². The van der Waals surface area contributed by atoms with Crippen LogP contribution in [0.4, 0.5) is 4.39 Å². The number of ether oxygens (including phenoxy) is 1. The Morgan fingerprint density at radius 1 is 1.41 bits per heavy atom. The smallest absolute Gasteiger partial charge is 0.350 e. The van der Waals surface area contributed by atoms with Crippen LogP contribution >= 0.6 is 35.3 Å². The van der Waals surface area contributed by atoms with Crippen molar-refractivity contribution >= 4 is 47.2 Å². The van der Waals surface area contributed by atoms with Crippen LogP contribution in [0.25, 0.3) is 0 Å². The lowest BCUT2D eigenvalue weighted by Crippen LogP contribution is -2.39. The van der Waals surface area contributed by atoms with Gasteiger partial charge in [-0.25, -0.2) is 14.2 Å².